The molecule has 9 heteroatoms. The number of hydrogen-bond acceptors (Lipinski definition) is 6. The zero-order valence-electron chi connectivity index (χ0n) is 17.5. The number of ether oxygens (including phenoxy) is 2. The average Bonchev–Trinajstić information content (AvgIpc) is 2.72. The van der Waals surface area contributed by atoms with E-state index in [9.17, 15) is 9.90 Å². The van der Waals surface area contributed by atoms with Crippen molar-refractivity contribution in [3.63, 3.8) is 0 Å². The zero-order valence-corrected chi connectivity index (χ0v) is 17.5. The minimum absolute atomic E-state index is 0.201. The van der Waals surface area contributed by atoms with Gasteiger partial charge >= 0.3 is 0 Å². The monoisotopic (exact) mass is 407 g/mol. The number of aliphatic hydroxyl groups is 1. The van der Waals surface area contributed by atoms with E-state index in [1.165, 1.54) is 0 Å². The van der Waals surface area contributed by atoms with Crippen molar-refractivity contribution in [2.75, 3.05) is 46.9 Å². The van der Waals surface area contributed by atoms with Crippen molar-refractivity contribution < 1.29 is 19.4 Å². The van der Waals surface area contributed by atoms with Gasteiger partial charge in [0.15, 0.2) is 5.96 Å². The number of aliphatic hydroxyl groups excluding tert-OH is 1. The summed E-state index contributed by atoms with van der Waals surface area (Å²) in [5, 5.41) is 17.2. The molecule has 0 aromatic heterocycles. The fourth-order valence-electron chi connectivity index (χ4n) is 3.27. The fraction of sp³-hybridized carbons (Fsp3) is 0.600. The summed E-state index contributed by atoms with van der Waals surface area (Å²) in [4.78, 5) is 17.7. The van der Waals surface area contributed by atoms with Gasteiger partial charge in [-0.1, -0.05) is 0 Å². The number of carbonyl (C=O) groups is 1. The lowest BCUT2D eigenvalue weighted by Crippen LogP contribution is -2.49. The van der Waals surface area contributed by atoms with Gasteiger partial charge in [-0.05, 0) is 37.5 Å². The number of methoxy groups -OCH3 is 2. The zero-order chi connectivity index (χ0) is 21.2. The van der Waals surface area contributed by atoms with Gasteiger partial charge in [0.2, 0.25) is 5.91 Å². The Hall–Kier alpha value is -2.52. The molecule has 0 radical (unpaired) electrons. The van der Waals surface area contributed by atoms with Crippen LogP contribution in [0.5, 0.6) is 11.5 Å². The molecule has 1 fully saturated rings. The van der Waals surface area contributed by atoms with Crippen molar-refractivity contribution in [1.29, 1.82) is 0 Å². The predicted molar refractivity (Wildman–Crippen MR) is 112 cm³/mol. The number of likely N-dealkylation sites (tertiary alicyclic amines) is 1. The summed E-state index contributed by atoms with van der Waals surface area (Å²) in [6.07, 6.45) is 1.01. The van der Waals surface area contributed by atoms with E-state index in [-0.39, 0.29) is 18.5 Å². The highest BCUT2D eigenvalue weighted by Crippen LogP contribution is 2.26. The van der Waals surface area contributed by atoms with Crippen LogP contribution in [-0.2, 0) is 4.79 Å². The van der Waals surface area contributed by atoms with Gasteiger partial charge in [-0.3, -0.25) is 14.7 Å². The quantitative estimate of drug-likeness (QED) is 0.342. The van der Waals surface area contributed by atoms with Crippen molar-refractivity contribution in [3.05, 3.63) is 23.8 Å². The summed E-state index contributed by atoms with van der Waals surface area (Å²) in [7, 11) is 3.15. The number of aliphatic imine (C=N–C) groups is 1. The Bertz CT molecular complexity index is 667. The van der Waals surface area contributed by atoms with Crippen LogP contribution in [0.2, 0.25) is 0 Å². The maximum absolute atomic E-state index is 11.1. The lowest BCUT2D eigenvalue weighted by molar-refractivity contribution is -0.119. The minimum atomic E-state index is -0.785. The molecule has 0 spiro atoms. The first-order valence-corrected chi connectivity index (χ1v) is 9.91. The van der Waals surface area contributed by atoms with E-state index < -0.39 is 6.10 Å². The molecule has 2 rings (SSSR count). The van der Waals surface area contributed by atoms with Gasteiger partial charge < -0.3 is 30.9 Å². The molecule has 1 aliphatic rings. The number of hydrogen-bond donors (Lipinski definition) is 4. The van der Waals surface area contributed by atoms with Crippen LogP contribution in [0.4, 0.5) is 0 Å². The van der Waals surface area contributed by atoms with Gasteiger partial charge in [0, 0.05) is 31.7 Å². The van der Waals surface area contributed by atoms with Crippen molar-refractivity contribution in [2.45, 2.75) is 31.9 Å². The van der Waals surface area contributed by atoms with Crippen LogP contribution in [-0.4, -0.2) is 74.9 Å². The van der Waals surface area contributed by atoms with Gasteiger partial charge in [0.05, 0.1) is 33.4 Å². The van der Waals surface area contributed by atoms with Crippen LogP contribution in [0.1, 0.15) is 31.4 Å². The number of amides is 1. The van der Waals surface area contributed by atoms with Crippen LogP contribution in [0.15, 0.2) is 23.2 Å². The maximum Gasteiger partial charge on any atom is 0.231 e. The van der Waals surface area contributed by atoms with E-state index in [0.717, 1.165) is 32.5 Å². The van der Waals surface area contributed by atoms with E-state index in [1.54, 1.807) is 32.4 Å². The van der Waals surface area contributed by atoms with Gasteiger partial charge in [0.1, 0.15) is 11.5 Å². The Morgan fingerprint density at radius 1 is 1.28 bits per heavy atom. The molecule has 1 aromatic rings. The summed E-state index contributed by atoms with van der Waals surface area (Å²) in [5.74, 6) is 1.61. The first-order valence-electron chi connectivity index (χ1n) is 9.91. The molecule has 5 N–H and O–H groups in total. The molecule has 1 aromatic carbocycles. The summed E-state index contributed by atoms with van der Waals surface area (Å²) in [6.45, 7) is 4.84. The average molecular weight is 408 g/mol. The lowest BCUT2D eigenvalue weighted by Gasteiger charge is -2.32. The van der Waals surface area contributed by atoms with Crippen molar-refractivity contribution in [1.82, 2.24) is 15.5 Å². The van der Waals surface area contributed by atoms with E-state index in [2.05, 4.69) is 20.5 Å². The van der Waals surface area contributed by atoms with Gasteiger partial charge in [-0.25, -0.2) is 0 Å². The number of carbonyl (C=O) groups excluding carboxylic acids is 1. The minimum Gasteiger partial charge on any atom is -0.497 e. The standard InChI is InChI=1S/C20H33N5O4/c1-4-22-20(24-15-5-7-25(8-6-15)13-19(21)27)23-12-18(26)14-9-16(28-2)11-17(10-14)29-3/h9-11,15,18,26H,4-8,12-13H2,1-3H3,(H2,21,27)(H2,22,23,24). The molecule has 29 heavy (non-hydrogen) atoms. The Morgan fingerprint density at radius 2 is 1.90 bits per heavy atom. The molecule has 162 valence electrons. The molecule has 0 saturated carbocycles. The molecule has 9 nitrogen and oxygen atoms in total. The highest BCUT2D eigenvalue weighted by atomic mass is 16.5. The van der Waals surface area contributed by atoms with E-state index in [1.807, 2.05) is 6.92 Å². The number of nitrogens with zero attached hydrogens (tertiary/aromatic N) is 2. The Kier molecular flexibility index (Phi) is 9.01. The van der Waals surface area contributed by atoms with Crippen molar-refractivity contribution in [3.8, 4) is 11.5 Å². The SMILES string of the molecule is CCNC(=NCC(O)c1cc(OC)cc(OC)c1)NC1CCN(CC(N)=O)CC1. The lowest BCUT2D eigenvalue weighted by atomic mass is 10.1. The van der Waals surface area contributed by atoms with E-state index in [4.69, 9.17) is 15.2 Å². The summed E-state index contributed by atoms with van der Waals surface area (Å²) < 4.78 is 10.5. The number of primary amides is 1. The topological polar surface area (TPSA) is 121 Å². The van der Waals surface area contributed by atoms with E-state index >= 15 is 0 Å². The fourth-order valence-corrected chi connectivity index (χ4v) is 3.27. The molecular weight excluding hydrogens is 374 g/mol. The normalized spacial score (nSPS) is 16.9. The highest BCUT2D eigenvalue weighted by molar-refractivity contribution is 5.80. The van der Waals surface area contributed by atoms with Crippen LogP contribution >= 0.6 is 0 Å². The van der Waals surface area contributed by atoms with Gasteiger partial charge in [-0.15, -0.1) is 0 Å². The van der Waals surface area contributed by atoms with Crippen molar-refractivity contribution in [2.24, 2.45) is 10.7 Å². The number of guanidine groups is 1. The third-order valence-corrected chi connectivity index (χ3v) is 4.83. The second kappa shape index (κ2) is 11.5. The highest BCUT2D eigenvalue weighted by Gasteiger charge is 2.21. The molecule has 1 amide bonds. The molecule has 0 aliphatic carbocycles. The first-order chi connectivity index (χ1) is 13.9. The Morgan fingerprint density at radius 3 is 2.41 bits per heavy atom. The first kappa shape index (κ1) is 22.8. The predicted octanol–water partition coefficient (Wildman–Crippen LogP) is 0.242. The molecule has 1 aliphatic heterocycles. The van der Waals surface area contributed by atoms with Crippen molar-refractivity contribution >= 4 is 11.9 Å². The number of benzene rings is 1. The summed E-state index contributed by atoms with van der Waals surface area (Å²) in [5.41, 5.74) is 5.95. The summed E-state index contributed by atoms with van der Waals surface area (Å²) in [6, 6.07) is 5.57. The number of piperidine rings is 1. The third-order valence-electron chi connectivity index (χ3n) is 4.83. The number of nitrogens with one attached hydrogen (secondary N) is 2. The Balaban J connectivity index is 1.96. The number of rotatable bonds is 9. The van der Waals surface area contributed by atoms with Crippen LogP contribution in [0.25, 0.3) is 0 Å². The second-order valence-corrected chi connectivity index (χ2v) is 7.04. The van der Waals surface area contributed by atoms with Gasteiger partial charge in [0.25, 0.3) is 0 Å². The molecule has 1 unspecified atom stereocenters. The second-order valence-electron chi connectivity index (χ2n) is 7.04. The molecule has 1 atom stereocenters. The maximum atomic E-state index is 11.1. The van der Waals surface area contributed by atoms with E-state index in [0.29, 0.717) is 29.6 Å². The van der Waals surface area contributed by atoms with Crippen LogP contribution in [0.3, 0.4) is 0 Å². The molecular formula is C20H33N5O4. The molecule has 1 heterocycles. The molecule has 1 saturated heterocycles. The largest absolute Gasteiger partial charge is 0.497 e. The van der Waals surface area contributed by atoms with Crippen LogP contribution in [0, 0.1) is 0 Å². The summed E-state index contributed by atoms with van der Waals surface area (Å²) >= 11 is 0. The molecule has 0 bridgehead atoms. The smallest absolute Gasteiger partial charge is 0.231 e. The number of nitrogens with two attached hydrogens (primary N) is 1. The van der Waals surface area contributed by atoms with Gasteiger partial charge in [-0.2, -0.15) is 0 Å². The van der Waals surface area contributed by atoms with Crippen LogP contribution < -0.4 is 25.8 Å². The Labute approximate surface area is 172 Å². The third kappa shape index (κ3) is 7.43.